The zero-order valence-electron chi connectivity index (χ0n) is 8.87. The minimum absolute atomic E-state index is 0.139. The molecule has 0 radical (unpaired) electrons. The van der Waals surface area contributed by atoms with Gasteiger partial charge in [0.15, 0.2) is 0 Å². The van der Waals surface area contributed by atoms with Crippen molar-refractivity contribution in [3.05, 3.63) is 22.4 Å². The van der Waals surface area contributed by atoms with Crippen LogP contribution in [0.4, 0.5) is 0 Å². The summed E-state index contributed by atoms with van der Waals surface area (Å²) in [6.07, 6.45) is 3.38. The van der Waals surface area contributed by atoms with E-state index in [4.69, 9.17) is 5.73 Å². The molecule has 15 heavy (non-hydrogen) atoms. The monoisotopic (exact) mass is 226 g/mol. The van der Waals surface area contributed by atoms with Gasteiger partial charge in [-0.25, -0.2) is 0 Å². The van der Waals surface area contributed by atoms with Gasteiger partial charge < -0.3 is 11.1 Å². The molecule has 1 aromatic heterocycles. The summed E-state index contributed by atoms with van der Waals surface area (Å²) in [5.41, 5.74) is 5.36. The lowest BCUT2D eigenvalue weighted by molar-refractivity contribution is -0.121. The van der Waals surface area contributed by atoms with Gasteiger partial charge in [-0.2, -0.15) is 0 Å². The molecule has 84 valence electrons. The zero-order chi connectivity index (χ0) is 10.9. The highest BCUT2D eigenvalue weighted by Crippen LogP contribution is 2.10. The first kappa shape index (κ1) is 12.2. The number of carbonyl (C=O) groups excluding carboxylic acids is 1. The van der Waals surface area contributed by atoms with Crippen molar-refractivity contribution in [3.8, 4) is 0 Å². The van der Waals surface area contributed by atoms with Crippen molar-refractivity contribution >= 4 is 17.2 Å². The Labute approximate surface area is 94.7 Å². The van der Waals surface area contributed by atoms with E-state index in [0.717, 1.165) is 25.8 Å². The summed E-state index contributed by atoms with van der Waals surface area (Å²) < 4.78 is 0. The lowest BCUT2D eigenvalue weighted by Gasteiger charge is -2.03. The van der Waals surface area contributed by atoms with E-state index in [-0.39, 0.29) is 5.91 Å². The molecule has 1 amide bonds. The molecule has 3 nitrogen and oxygen atoms in total. The van der Waals surface area contributed by atoms with Crippen LogP contribution in [0.2, 0.25) is 0 Å². The number of amides is 1. The number of hydrogen-bond donors (Lipinski definition) is 2. The first-order valence-corrected chi connectivity index (χ1v) is 6.20. The summed E-state index contributed by atoms with van der Waals surface area (Å²) in [6, 6.07) is 4.07. The third-order valence-electron chi connectivity index (χ3n) is 2.13. The molecule has 1 rings (SSSR count). The van der Waals surface area contributed by atoms with Crippen LogP contribution < -0.4 is 11.1 Å². The first-order valence-electron chi connectivity index (χ1n) is 5.32. The Morgan fingerprint density at radius 3 is 3.00 bits per heavy atom. The van der Waals surface area contributed by atoms with E-state index in [0.29, 0.717) is 13.0 Å². The number of nitrogens with one attached hydrogen (secondary N) is 1. The molecule has 0 spiro atoms. The van der Waals surface area contributed by atoms with Gasteiger partial charge in [-0.15, -0.1) is 11.3 Å². The molecule has 4 heteroatoms. The molecule has 1 aromatic rings. The molecule has 0 fully saturated rings. The fourth-order valence-electron chi connectivity index (χ4n) is 1.28. The maximum absolute atomic E-state index is 11.4. The standard InChI is InChI=1S/C11H18N2OS/c12-7-1-2-8-13-11(14)6-5-10-4-3-9-15-10/h3-4,9H,1-2,5-8,12H2,(H,13,14). The highest BCUT2D eigenvalue weighted by molar-refractivity contribution is 7.09. The molecule has 1 heterocycles. The average molecular weight is 226 g/mol. The average Bonchev–Trinajstić information content (AvgIpc) is 2.74. The Morgan fingerprint density at radius 1 is 1.47 bits per heavy atom. The van der Waals surface area contributed by atoms with Crippen LogP contribution in [0.3, 0.4) is 0 Å². The maximum Gasteiger partial charge on any atom is 0.220 e. The van der Waals surface area contributed by atoms with Gasteiger partial charge in [0, 0.05) is 17.8 Å². The molecule has 0 aliphatic heterocycles. The summed E-state index contributed by atoms with van der Waals surface area (Å²) >= 11 is 1.70. The van der Waals surface area contributed by atoms with Crippen LogP contribution in [-0.4, -0.2) is 19.0 Å². The third-order valence-corrected chi connectivity index (χ3v) is 3.07. The second kappa shape index (κ2) is 7.43. The van der Waals surface area contributed by atoms with Gasteiger partial charge in [0.2, 0.25) is 5.91 Å². The largest absolute Gasteiger partial charge is 0.356 e. The van der Waals surface area contributed by atoms with Gasteiger partial charge in [-0.05, 0) is 37.3 Å². The normalized spacial score (nSPS) is 10.2. The van der Waals surface area contributed by atoms with Crippen LogP contribution in [0.15, 0.2) is 17.5 Å². The highest BCUT2D eigenvalue weighted by atomic mass is 32.1. The van der Waals surface area contributed by atoms with Crippen molar-refractivity contribution in [1.29, 1.82) is 0 Å². The molecular weight excluding hydrogens is 208 g/mol. The molecule has 0 aromatic carbocycles. The van der Waals surface area contributed by atoms with Crippen molar-refractivity contribution in [3.63, 3.8) is 0 Å². The van der Waals surface area contributed by atoms with Crippen LogP contribution in [0.25, 0.3) is 0 Å². The van der Waals surface area contributed by atoms with Gasteiger partial charge in [0.1, 0.15) is 0 Å². The van der Waals surface area contributed by atoms with Crippen molar-refractivity contribution in [1.82, 2.24) is 5.32 Å². The Morgan fingerprint density at radius 2 is 2.33 bits per heavy atom. The van der Waals surface area contributed by atoms with Crippen molar-refractivity contribution in [2.24, 2.45) is 5.73 Å². The van der Waals surface area contributed by atoms with Crippen LogP contribution >= 0.6 is 11.3 Å². The van der Waals surface area contributed by atoms with Gasteiger partial charge in [0.05, 0.1) is 0 Å². The Balaban J connectivity index is 2.04. The second-order valence-corrected chi connectivity index (χ2v) is 4.46. The van der Waals surface area contributed by atoms with Crippen molar-refractivity contribution in [2.75, 3.05) is 13.1 Å². The lowest BCUT2D eigenvalue weighted by Crippen LogP contribution is -2.24. The Bertz CT molecular complexity index is 272. The summed E-state index contributed by atoms with van der Waals surface area (Å²) in [5.74, 6) is 0.139. The third kappa shape index (κ3) is 5.54. The fraction of sp³-hybridized carbons (Fsp3) is 0.545. The van der Waals surface area contributed by atoms with Gasteiger partial charge in [0.25, 0.3) is 0 Å². The SMILES string of the molecule is NCCCCNC(=O)CCc1cccs1. The van der Waals surface area contributed by atoms with Gasteiger partial charge in [-0.3, -0.25) is 4.79 Å². The van der Waals surface area contributed by atoms with Gasteiger partial charge >= 0.3 is 0 Å². The van der Waals surface area contributed by atoms with Crippen molar-refractivity contribution < 1.29 is 4.79 Å². The maximum atomic E-state index is 11.4. The number of thiophene rings is 1. The molecule has 0 aliphatic rings. The van der Waals surface area contributed by atoms with E-state index >= 15 is 0 Å². The molecule has 0 saturated heterocycles. The summed E-state index contributed by atoms with van der Waals surface area (Å²) in [6.45, 7) is 1.45. The topological polar surface area (TPSA) is 55.1 Å². The fourth-order valence-corrected chi connectivity index (χ4v) is 1.99. The first-order chi connectivity index (χ1) is 7.33. The number of aryl methyl sites for hydroxylation is 1. The van der Waals surface area contributed by atoms with E-state index in [1.54, 1.807) is 11.3 Å². The number of hydrogen-bond acceptors (Lipinski definition) is 3. The number of rotatable bonds is 7. The molecule has 0 unspecified atom stereocenters. The predicted molar refractivity (Wildman–Crippen MR) is 63.9 cm³/mol. The van der Waals surface area contributed by atoms with Crippen molar-refractivity contribution in [2.45, 2.75) is 25.7 Å². The quantitative estimate of drug-likeness (QED) is 0.693. The van der Waals surface area contributed by atoms with E-state index in [1.165, 1.54) is 4.88 Å². The number of carbonyl (C=O) groups is 1. The molecular formula is C11H18N2OS. The summed E-state index contributed by atoms with van der Waals surface area (Å²) in [5, 5.41) is 4.93. The smallest absolute Gasteiger partial charge is 0.220 e. The van der Waals surface area contributed by atoms with E-state index in [1.807, 2.05) is 11.4 Å². The molecule has 0 atom stereocenters. The van der Waals surface area contributed by atoms with E-state index < -0.39 is 0 Å². The molecule has 0 bridgehead atoms. The predicted octanol–water partition coefficient (Wildman–Crippen LogP) is 1.54. The molecule has 0 saturated carbocycles. The molecule has 0 aliphatic carbocycles. The summed E-state index contributed by atoms with van der Waals surface area (Å²) in [7, 11) is 0. The summed E-state index contributed by atoms with van der Waals surface area (Å²) in [4.78, 5) is 12.6. The van der Waals surface area contributed by atoms with E-state index in [9.17, 15) is 4.79 Å². The van der Waals surface area contributed by atoms with Gasteiger partial charge in [-0.1, -0.05) is 6.07 Å². The highest BCUT2D eigenvalue weighted by Gasteiger charge is 2.01. The minimum atomic E-state index is 0.139. The van der Waals surface area contributed by atoms with Crippen LogP contribution in [-0.2, 0) is 11.2 Å². The Hall–Kier alpha value is -0.870. The zero-order valence-corrected chi connectivity index (χ0v) is 9.69. The number of nitrogens with two attached hydrogens (primary N) is 1. The van der Waals surface area contributed by atoms with Crippen LogP contribution in [0.1, 0.15) is 24.1 Å². The minimum Gasteiger partial charge on any atom is -0.356 e. The van der Waals surface area contributed by atoms with Crippen LogP contribution in [0, 0.1) is 0 Å². The van der Waals surface area contributed by atoms with Crippen LogP contribution in [0.5, 0.6) is 0 Å². The van der Waals surface area contributed by atoms with E-state index in [2.05, 4.69) is 11.4 Å². The number of unbranched alkanes of at least 4 members (excludes halogenated alkanes) is 1. The molecule has 3 N–H and O–H groups in total. The second-order valence-electron chi connectivity index (χ2n) is 3.43. The lowest BCUT2D eigenvalue weighted by atomic mass is 10.2. The Kier molecular flexibility index (Phi) is 6.04.